The van der Waals surface area contributed by atoms with Crippen LogP contribution in [0.4, 0.5) is 11.4 Å². The van der Waals surface area contributed by atoms with Crippen molar-refractivity contribution in [3.05, 3.63) is 70.5 Å². The molecule has 0 spiro atoms. The molecule has 1 aliphatic heterocycles. The number of aromatic nitrogens is 2. The van der Waals surface area contributed by atoms with Gasteiger partial charge >= 0.3 is 0 Å². The lowest BCUT2D eigenvalue weighted by atomic mass is 10.1. The zero-order chi connectivity index (χ0) is 23.7. The van der Waals surface area contributed by atoms with Crippen LogP contribution in [0.2, 0.25) is 0 Å². The predicted octanol–water partition coefficient (Wildman–Crippen LogP) is 5.30. The van der Waals surface area contributed by atoms with Gasteiger partial charge in [-0.25, -0.2) is 4.98 Å². The fourth-order valence-corrected chi connectivity index (χ4v) is 6.05. The number of hydrogen-bond donors (Lipinski definition) is 1. The van der Waals surface area contributed by atoms with Crippen LogP contribution in [0.3, 0.4) is 0 Å². The first kappa shape index (κ1) is 22.7. The second-order valence-corrected chi connectivity index (χ2v) is 10.5. The molecule has 0 aliphatic carbocycles. The monoisotopic (exact) mass is 490 g/mol. The van der Waals surface area contributed by atoms with Gasteiger partial charge in [0.2, 0.25) is 5.91 Å². The summed E-state index contributed by atoms with van der Waals surface area (Å²) in [6.07, 6.45) is 2.46. The summed E-state index contributed by atoms with van der Waals surface area (Å²) in [6, 6.07) is 18.1. The Morgan fingerprint density at radius 2 is 1.88 bits per heavy atom. The molecule has 2 aromatic heterocycles. The first-order valence-electron chi connectivity index (χ1n) is 11.3. The van der Waals surface area contributed by atoms with Crippen molar-refractivity contribution in [1.29, 1.82) is 0 Å². The Morgan fingerprint density at radius 3 is 2.62 bits per heavy atom. The molecule has 8 heteroatoms. The molecule has 1 N–H and O–H groups in total. The smallest absolute Gasteiger partial charge is 0.262 e. The van der Waals surface area contributed by atoms with Crippen molar-refractivity contribution in [3.63, 3.8) is 0 Å². The van der Waals surface area contributed by atoms with Crippen LogP contribution in [0.15, 0.2) is 64.5 Å². The maximum Gasteiger partial charge on any atom is 0.262 e. The second-order valence-electron chi connectivity index (χ2n) is 8.48. The lowest BCUT2D eigenvalue weighted by Gasteiger charge is -2.19. The molecule has 6 nitrogen and oxygen atoms in total. The normalized spacial score (nSPS) is 13.5. The predicted molar refractivity (Wildman–Crippen MR) is 142 cm³/mol. The van der Waals surface area contributed by atoms with Gasteiger partial charge in [-0.05, 0) is 55.2 Å². The molecule has 1 saturated heterocycles. The van der Waals surface area contributed by atoms with Gasteiger partial charge in [-0.3, -0.25) is 14.2 Å². The first-order valence-corrected chi connectivity index (χ1v) is 13.1. The number of anilines is 2. The highest BCUT2D eigenvalue weighted by molar-refractivity contribution is 7.99. The third-order valence-corrected chi connectivity index (χ3v) is 8.19. The van der Waals surface area contributed by atoms with Crippen LogP contribution < -0.4 is 15.8 Å². The fraction of sp³-hybridized carbons (Fsp3) is 0.269. The van der Waals surface area contributed by atoms with E-state index in [0.29, 0.717) is 15.4 Å². The van der Waals surface area contributed by atoms with Gasteiger partial charge in [-0.15, -0.1) is 11.3 Å². The number of amides is 1. The molecule has 1 fully saturated rings. The summed E-state index contributed by atoms with van der Waals surface area (Å²) < 4.78 is 1.53. The number of thioether (sulfide) groups is 1. The second kappa shape index (κ2) is 9.64. The number of benzene rings is 2. The van der Waals surface area contributed by atoms with Crippen molar-refractivity contribution in [2.45, 2.75) is 24.9 Å². The maximum absolute atomic E-state index is 12.9. The minimum Gasteiger partial charge on any atom is -0.372 e. The summed E-state index contributed by atoms with van der Waals surface area (Å²) in [5.41, 5.74) is 4.03. The van der Waals surface area contributed by atoms with E-state index in [1.807, 2.05) is 49.4 Å². The largest absolute Gasteiger partial charge is 0.372 e. The van der Waals surface area contributed by atoms with E-state index in [2.05, 4.69) is 22.3 Å². The number of hydrogen-bond acceptors (Lipinski definition) is 6. The van der Waals surface area contributed by atoms with Crippen LogP contribution in [-0.4, -0.2) is 34.3 Å². The number of nitrogens with zero attached hydrogens (tertiary/aromatic N) is 3. The Morgan fingerprint density at radius 1 is 1.12 bits per heavy atom. The summed E-state index contributed by atoms with van der Waals surface area (Å²) in [7, 11) is 1.70. The highest BCUT2D eigenvalue weighted by Crippen LogP contribution is 2.32. The van der Waals surface area contributed by atoms with Crippen LogP contribution in [0.1, 0.15) is 18.4 Å². The van der Waals surface area contributed by atoms with Gasteiger partial charge in [-0.1, -0.05) is 42.1 Å². The standard InChI is InChI=1S/C26H26N4O2S2/c1-17-14-19(30-12-6-7-13-30)10-11-21(17)27-23(31)16-33-26-28-24-20(25(32)29(26)2)15-22(34-24)18-8-4-3-5-9-18/h3-5,8-11,14-15H,6-7,12-13,16H2,1-2H3,(H,27,31). The molecule has 1 aliphatic rings. The quantitative estimate of drug-likeness (QED) is 0.293. The van der Waals surface area contributed by atoms with Crippen molar-refractivity contribution in [3.8, 4) is 10.4 Å². The summed E-state index contributed by atoms with van der Waals surface area (Å²) in [4.78, 5) is 34.4. The molecule has 4 aromatic rings. The molecule has 5 rings (SSSR count). The molecular formula is C26H26N4O2S2. The minimum absolute atomic E-state index is 0.0975. The van der Waals surface area contributed by atoms with Crippen molar-refractivity contribution >= 4 is 50.6 Å². The summed E-state index contributed by atoms with van der Waals surface area (Å²) in [5.74, 6) is 0.0586. The van der Waals surface area contributed by atoms with Gasteiger partial charge in [0, 0.05) is 36.4 Å². The number of carbonyl (C=O) groups is 1. The molecule has 1 amide bonds. The Bertz CT molecular complexity index is 1410. The van der Waals surface area contributed by atoms with Gasteiger partial charge in [0.15, 0.2) is 5.16 Å². The number of rotatable bonds is 6. The molecule has 174 valence electrons. The number of fused-ring (bicyclic) bond motifs is 1. The van der Waals surface area contributed by atoms with E-state index < -0.39 is 0 Å². The van der Waals surface area contributed by atoms with E-state index in [-0.39, 0.29) is 17.2 Å². The van der Waals surface area contributed by atoms with Crippen LogP contribution in [0.25, 0.3) is 20.7 Å². The molecule has 34 heavy (non-hydrogen) atoms. The third kappa shape index (κ3) is 4.60. The first-order chi connectivity index (χ1) is 16.5. The highest BCUT2D eigenvalue weighted by Gasteiger charge is 2.16. The lowest BCUT2D eigenvalue weighted by molar-refractivity contribution is -0.113. The molecule has 0 radical (unpaired) electrons. The molecule has 0 atom stereocenters. The van der Waals surface area contributed by atoms with Gasteiger partial charge in [-0.2, -0.15) is 0 Å². The highest BCUT2D eigenvalue weighted by atomic mass is 32.2. The number of aryl methyl sites for hydroxylation is 1. The van der Waals surface area contributed by atoms with Crippen molar-refractivity contribution < 1.29 is 4.79 Å². The minimum atomic E-state index is -0.118. The summed E-state index contributed by atoms with van der Waals surface area (Å²) in [5, 5.41) is 4.15. The third-order valence-electron chi connectivity index (χ3n) is 6.08. The molecule has 0 saturated carbocycles. The Balaban J connectivity index is 1.29. The number of nitrogens with one attached hydrogen (secondary N) is 1. The maximum atomic E-state index is 12.9. The van der Waals surface area contributed by atoms with Crippen LogP contribution in [0, 0.1) is 6.92 Å². The number of carbonyl (C=O) groups excluding carboxylic acids is 1. The molecule has 2 aromatic carbocycles. The SMILES string of the molecule is Cc1cc(N2CCCC2)ccc1NC(=O)CSc1nc2sc(-c3ccccc3)cc2c(=O)n1C. The number of thiophene rings is 1. The van der Waals surface area contributed by atoms with E-state index in [4.69, 9.17) is 4.98 Å². The van der Waals surface area contributed by atoms with Crippen LogP contribution in [0.5, 0.6) is 0 Å². The van der Waals surface area contributed by atoms with Gasteiger partial charge in [0.25, 0.3) is 5.56 Å². The average Bonchev–Trinajstić information content (AvgIpc) is 3.53. The van der Waals surface area contributed by atoms with Crippen LogP contribution in [-0.2, 0) is 11.8 Å². The molecule has 0 unspecified atom stereocenters. The lowest BCUT2D eigenvalue weighted by Crippen LogP contribution is -2.21. The van der Waals surface area contributed by atoms with E-state index in [1.165, 1.54) is 46.2 Å². The van der Waals surface area contributed by atoms with Gasteiger partial charge in [0.05, 0.1) is 11.1 Å². The summed E-state index contributed by atoms with van der Waals surface area (Å²) in [6.45, 7) is 4.20. The summed E-state index contributed by atoms with van der Waals surface area (Å²) >= 11 is 2.77. The van der Waals surface area contributed by atoms with Gasteiger partial charge in [0.1, 0.15) is 4.83 Å². The van der Waals surface area contributed by atoms with Crippen molar-refractivity contribution in [2.24, 2.45) is 7.05 Å². The molecular weight excluding hydrogens is 464 g/mol. The Hall–Kier alpha value is -3.10. The Labute approximate surface area is 206 Å². The zero-order valence-corrected chi connectivity index (χ0v) is 20.8. The van der Waals surface area contributed by atoms with Gasteiger partial charge < -0.3 is 10.2 Å². The molecule has 3 heterocycles. The average molecular weight is 491 g/mol. The Kier molecular flexibility index (Phi) is 6.43. The van der Waals surface area contributed by atoms with Crippen LogP contribution >= 0.6 is 23.1 Å². The zero-order valence-electron chi connectivity index (χ0n) is 19.2. The van der Waals surface area contributed by atoms with Crippen molar-refractivity contribution in [1.82, 2.24) is 9.55 Å². The van der Waals surface area contributed by atoms with E-state index in [1.54, 1.807) is 7.05 Å². The van der Waals surface area contributed by atoms with Crippen molar-refractivity contribution in [2.75, 3.05) is 29.1 Å². The van der Waals surface area contributed by atoms with E-state index in [9.17, 15) is 9.59 Å². The van der Waals surface area contributed by atoms with E-state index >= 15 is 0 Å². The fourth-order valence-electron chi connectivity index (χ4n) is 4.20. The van der Waals surface area contributed by atoms with E-state index in [0.717, 1.165) is 34.8 Å². The molecule has 0 bridgehead atoms. The topological polar surface area (TPSA) is 67.2 Å².